The fourth-order valence-corrected chi connectivity index (χ4v) is 5.58. The van der Waals surface area contributed by atoms with Gasteiger partial charge in [0, 0.05) is 29.3 Å². The second kappa shape index (κ2) is 11.3. The molecule has 0 unspecified atom stereocenters. The second-order valence-electron chi connectivity index (χ2n) is 9.58. The first-order valence-corrected chi connectivity index (χ1v) is 12.9. The number of hydrogen-bond donors (Lipinski definition) is 2. The molecule has 0 spiro atoms. The molecule has 0 saturated carbocycles. The smallest absolute Gasteiger partial charge is 0.203 e. The maximum atomic E-state index is 14.1. The van der Waals surface area contributed by atoms with E-state index in [-0.39, 0.29) is 11.7 Å². The van der Waals surface area contributed by atoms with Gasteiger partial charge in [-0.05, 0) is 48.2 Å². The number of carbonyl (C=O) groups excluding carboxylic acids is 1. The zero-order chi connectivity index (χ0) is 28.4. The van der Waals surface area contributed by atoms with E-state index >= 15 is 0 Å². The van der Waals surface area contributed by atoms with Gasteiger partial charge < -0.3 is 39.1 Å². The van der Waals surface area contributed by atoms with Gasteiger partial charge >= 0.3 is 0 Å². The van der Waals surface area contributed by atoms with Crippen molar-refractivity contribution < 1.29 is 33.2 Å². The Kier molecular flexibility index (Phi) is 7.64. The van der Waals surface area contributed by atoms with Gasteiger partial charge in [0.2, 0.25) is 5.75 Å². The summed E-state index contributed by atoms with van der Waals surface area (Å²) in [4.78, 5) is 14.1. The van der Waals surface area contributed by atoms with Crippen LogP contribution in [-0.4, -0.2) is 48.4 Å². The van der Waals surface area contributed by atoms with Crippen LogP contribution in [0.3, 0.4) is 0 Å². The first-order chi connectivity index (χ1) is 19.5. The molecule has 210 valence electrons. The van der Waals surface area contributed by atoms with Crippen LogP contribution < -0.4 is 39.1 Å². The number of ketones is 1. The highest BCUT2D eigenvalue weighted by atomic mass is 16.5. The molecule has 0 aromatic heterocycles. The van der Waals surface area contributed by atoms with Crippen molar-refractivity contribution in [2.75, 3.05) is 53.3 Å². The summed E-state index contributed by atoms with van der Waals surface area (Å²) >= 11 is 0. The molecule has 0 saturated heterocycles. The van der Waals surface area contributed by atoms with Crippen molar-refractivity contribution in [3.8, 4) is 34.5 Å². The normalized spacial score (nSPS) is 17.9. The lowest BCUT2D eigenvalue weighted by molar-refractivity contribution is -0.116. The number of allylic oxidation sites excluding steroid dienone is 1. The fourth-order valence-electron chi connectivity index (χ4n) is 5.58. The third-order valence-corrected chi connectivity index (χ3v) is 7.51. The number of Topliss-reactive ketones (excluding diaryl/α,β-unsaturated/α-hetero) is 1. The maximum absolute atomic E-state index is 14.1. The molecule has 0 radical (unpaired) electrons. The number of hydrogen-bond acceptors (Lipinski definition) is 9. The Balaban J connectivity index is 1.65. The minimum Gasteiger partial charge on any atom is -0.496 e. The Bertz CT molecular complexity index is 1440. The Morgan fingerprint density at radius 3 is 1.88 bits per heavy atom. The molecule has 9 heteroatoms. The highest BCUT2D eigenvalue weighted by Crippen LogP contribution is 2.49. The van der Waals surface area contributed by atoms with Crippen LogP contribution in [0.1, 0.15) is 35.9 Å². The highest BCUT2D eigenvalue weighted by molar-refractivity contribution is 6.01. The summed E-state index contributed by atoms with van der Waals surface area (Å²) in [5, 5.41) is 7.17. The van der Waals surface area contributed by atoms with Crippen molar-refractivity contribution in [1.29, 1.82) is 0 Å². The summed E-state index contributed by atoms with van der Waals surface area (Å²) in [6.45, 7) is 0. The van der Waals surface area contributed by atoms with Crippen LogP contribution in [-0.2, 0) is 4.79 Å². The van der Waals surface area contributed by atoms with E-state index in [9.17, 15) is 4.79 Å². The predicted octanol–water partition coefficient (Wildman–Crippen LogP) is 5.72. The molecule has 9 nitrogen and oxygen atoms in total. The zero-order valence-corrected chi connectivity index (χ0v) is 23.5. The van der Waals surface area contributed by atoms with Crippen molar-refractivity contribution in [3.63, 3.8) is 0 Å². The number of para-hydroxylation sites is 2. The summed E-state index contributed by atoms with van der Waals surface area (Å²) in [6.07, 6.45) is 0.908. The van der Waals surface area contributed by atoms with Gasteiger partial charge in [0.05, 0.1) is 60.1 Å². The molecule has 0 amide bonds. The fraction of sp³-hybridized carbons (Fsp3) is 0.323. The third-order valence-electron chi connectivity index (χ3n) is 7.51. The van der Waals surface area contributed by atoms with E-state index in [1.807, 2.05) is 42.5 Å². The number of carbonyl (C=O) groups is 1. The average Bonchev–Trinajstić information content (AvgIpc) is 3.16. The van der Waals surface area contributed by atoms with E-state index < -0.39 is 6.04 Å². The number of rotatable bonds is 8. The monoisotopic (exact) mass is 546 g/mol. The first-order valence-electron chi connectivity index (χ1n) is 12.9. The molecule has 2 N–H and O–H groups in total. The molecule has 1 aliphatic heterocycles. The summed E-state index contributed by atoms with van der Waals surface area (Å²) < 4.78 is 33.6. The quantitative estimate of drug-likeness (QED) is 0.368. The van der Waals surface area contributed by atoms with Crippen molar-refractivity contribution in [3.05, 3.63) is 70.9 Å². The molecule has 40 heavy (non-hydrogen) atoms. The molecule has 2 aliphatic rings. The number of anilines is 2. The van der Waals surface area contributed by atoms with Crippen LogP contribution >= 0.6 is 0 Å². The van der Waals surface area contributed by atoms with Crippen molar-refractivity contribution in [2.24, 2.45) is 0 Å². The number of fused-ring (bicyclic) bond motifs is 1. The molecule has 3 aromatic carbocycles. The molecular formula is C31H34N2O7. The Morgan fingerprint density at radius 2 is 1.27 bits per heavy atom. The summed E-state index contributed by atoms with van der Waals surface area (Å²) in [5.41, 5.74) is 4.96. The van der Waals surface area contributed by atoms with Gasteiger partial charge in [0.1, 0.15) is 5.75 Å². The van der Waals surface area contributed by atoms with Crippen molar-refractivity contribution >= 4 is 17.2 Å². The predicted molar refractivity (Wildman–Crippen MR) is 153 cm³/mol. The van der Waals surface area contributed by atoms with Crippen LogP contribution in [0.4, 0.5) is 11.4 Å². The number of benzene rings is 3. The number of ether oxygens (including phenoxy) is 6. The maximum Gasteiger partial charge on any atom is 0.203 e. The molecule has 1 heterocycles. The van der Waals surface area contributed by atoms with Gasteiger partial charge in [-0.2, -0.15) is 0 Å². The molecule has 2 atom stereocenters. The van der Waals surface area contributed by atoms with E-state index in [4.69, 9.17) is 28.4 Å². The van der Waals surface area contributed by atoms with Crippen LogP contribution in [0, 0.1) is 0 Å². The Hall–Kier alpha value is -4.53. The van der Waals surface area contributed by atoms with Gasteiger partial charge in [0.15, 0.2) is 28.8 Å². The molecular weight excluding hydrogens is 512 g/mol. The van der Waals surface area contributed by atoms with Gasteiger partial charge in [-0.3, -0.25) is 4.79 Å². The van der Waals surface area contributed by atoms with Gasteiger partial charge in [-0.25, -0.2) is 0 Å². The van der Waals surface area contributed by atoms with Gasteiger partial charge in [-0.15, -0.1) is 0 Å². The highest BCUT2D eigenvalue weighted by Gasteiger charge is 2.38. The minimum absolute atomic E-state index is 0.0228. The van der Waals surface area contributed by atoms with Crippen LogP contribution in [0.25, 0.3) is 0 Å². The molecule has 5 rings (SSSR count). The van der Waals surface area contributed by atoms with E-state index in [2.05, 4.69) is 10.6 Å². The first kappa shape index (κ1) is 27.1. The Labute approximate surface area is 234 Å². The van der Waals surface area contributed by atoms with Crippen LogP contribution in [0.5, 0.6) is 34.5 Å². The van der Waals surface area contributed by atoms with Crippen molar-refractivity contribution in [1.82, 2.24) is 0 Å². The molecule has 0 fully saturated rings. The SMILES string of the molecule is COc1cc(OC)c([C@@H]2Nc3ccccc3NC3=C2C(=O)C[C@H](c2cc(OC)c(OC)c(OC)c2)C3)cc1OC. The van der Waals surface area contributed by atoms with Crippen molar-refractivity contribution in [2.45, 2.75) is 24.8 Å². The summed E-state index contributed by atoms with van der Waals surface area (Å²) in [5.74, 6) is 3.22. The lowest BCUT2D eigenvalue weighted by Gasteiger charge is -2.31. The Morgan fingerprint density at radius 1 is 0.675 bits per heavy atom. The van der Waals surface area contributed by atoms with E-state index in [1.54, 1.807) is 48.7 Å². The third kappa shape index (κ3) is 4.72. The molecule has 0 bridgehead atoms. The van der Waals surface area contributed by atoms with Crippen LogP contribution in [0.15, 0.2) is 59.8 Å². The van der Waals surface area contributed by atoms with E-state index in [0.717, 1.165) is 28.2 Å². The van der Waals surface area contributed by atoms with Gasteiger partial charge in [0.25, 0.3) is 0 Å². The van der Waals surface area contributed by atoms with E-state index in [0.29, 0.717) is 52.9 Å². The lowest BCUT2D eigenvalue weighted by atomic mass is 9.78. The standard InChI is InChI=1S/C31H34N2O7/c1-35-24-16-26(37-3)25(36-2)15-19(24)30-29-22(32-20-9-7-8-10-21(20)33-30)11-17(12-23(29)34)18-13-27(38-4)31(40-6)28(14-18)39-5/h7-10,13-17,30,32-33H,11-12H2,1-6H3/t17-,30+/m1/s1. The summed E-state index contributed by atoms with van der Waals surface area (Å²) in [6, 6.07) is 14.9. The lowest BCUT2D eigenvalue weighted by Crippen LogP contribution is -2.27. The topological polar surface area (TPSA) is 96.5 Å². The van der Waals surface area contributed by atoms with E-state index in [1.165, 1.54) is 0 Å². The number of methoxy groups -OCH3 is 6. The zero-order valence-electron chi connectivity index (χ0n) is 23.5. The van der Waals surface area contributed by atoms with Crippen LogP contribution in [0.2, 0.25) is 0 Å². The molecule has 1 aliphatic carbocycles. The number of nitrogens with one attached hydrogen (secondary N) is 2. The largest absolute Gasteiger partial charge is 0.496 e. The average molecular weight is 547 g/mol. The molecule has 3 aromatic rings. The minimum atomic E-state index is -0.491. The van der Waals surface area contributed by atoms with Gasteiger partial charge in [-0.1, -0.05) is 12.1 Å². The second-order valence-corrected chi connectivity index (χ2v) is 9.58. The summed E-state index contributed by atoms with van der Waals surface area (Å²) in [7, 11) is 9.52.